The van der Waals surface area contributed by atoms with Crippen LogP contribution in [-0.2, 0) is 4.74 Å². The van der Waals surface area contributed by atoms with E-state index in [1.54, 1.807) is 0 Å². The first-order chi connectivity index (χ1) is 8.25. The van der Waals surface area contributed by atoms with Crippen molar-refractivity contribution in [3.8, 4) is 0 Å². The van der Waals surface area contributed by atoms with Crippen molar-refractivity contribution in [1.82, 2.24) is 0 Å². The van der Waals surface area contributed by atoms with Crippen LogP contribution in [0.1, 0.15) is 19.3 Å². The summed E-state index contributed by atoms with van der Waals surface area (Å²) in [6, 6.07) is 6.87. The van der Waals surface area contributed by atoms with E-state index in [0.717, 1.165) is 18.8 Å². The van der Waals surface area contributed by atoms with Crippen LogP contribution in [0.2, 0.25) is 0 Å². The highest BCUT2D eigenvalue weighted by Crippen LogP contribution is 2.35. The molecule has 1 aromatic rings. The molecule has 2 N–H and O–H groups in total. The number of benzene rings is 1. The molecule has 1 saturated heterocycles. The lowest BCUT2D eigenvalue weighted by atomic mass is 10.1. The molecular formula is C13H17IN2O. The molecule has 1 aromatic carbocycles. The Labute approximate surface area is 115 Å². The minimum atomic E-state index is 0.419. The predicted octanol–water partition coefficient (Wildman–Crippen LogP) is 2.63. The minimum absolute atomic E-state index is 0.419. The number of fused-ring (bicyclic) bond motifs is 1. The van der Waals surface area contributed by atoms with Crippen molar-refractivity contribution in [2.24, 2.45) is 0 Å². The Kier molecular flexibility index (Phi) is 3.17. The predicted molar refractivity (Wildman–Crippen MR) is 78.3 cm³/mol. The van der Waals surface area contributed by atoms with E-state index in [-0.39, 0.29) is 0 Å². The number of halogens is 1. The summed E-state index contributed by atoms with van der Waals surface area (Å²) in [5.41, 5.74) is 8.23. The van der Waals surface area contributed by atoms with Crippen LogP contribution in [0.5, 0.6) is 0 Å². The first-order valence-corrected chi connectivity index (χ1v) is 7.27. The second-order valence-corrected chi connectivity index (χ2v) is 6.05. The molecule has 0 bridgehead atoms. The maximum absolute atomic E-state index is 6.15. The summed E-state index contributed by atoms with van der Waals surface area (Å²) in [6.07, 6.45) is 4.12. The molecule has 1 saturated carbocycles. The van der Waals surface area contributed by atoms with Gasteiger partial charge in [-0.3, -0.25) is 0 Å². The monoisotopic (exact) mass is 344 g/mol. The number of nitrogens with two attached hydrogens (primary N) is 1. The Morgan fingerprint density at radius 2 is 2.24 bits per heavy atom. The molecule has 3 nitrogen and oxygen atoms in total. The van der Waals surface area contributed by atoms with Crippen molar-refractivity contribution in [3.05, 3.63) is 21.8 Å². The van der Waals surface area contributed by atoms with Crippen molar-refractivity contribution >= 4 is 34.0 Å². The van der Waals surface area contributed by atoms with Gasteiger partial charge in [0.15, 0.2) is 0 Å². The van der Waals surface area contributed by atoms with Crippen LogP contribution in [0.3, 0.4) is 0 Å². The van der Waals surface area contributed by atoms with E-state index in [9.17, 15) is 0 Å². The van der Waals surface area contributed by atoms with Crippen molar-refractivity contribution in [2.45, 2.75) is 31.4 Å². The SMILES string of the molecule is Nc1cc(I)ccc1N1CCOC2CCCC21. The third kappa shape index (κ3) is 2.12. The maximum atomic E-state index is 6.15. The summed E-state index contributed by atoms with van der Waals surface area (Å²) in [6.45, 7) is 1.79. The first kappa shape index (κ1) is 11.6. The van der Waals surface area contributed by atoms with Gasteiger partial charge in [0, 0.05) is 10.1 Å². The van der Waals surface area contributed by atoms with Crippen molar-refractivity contribution in [3.63, 3.8) is 0 Å². The summed E-state index contributed by atoms with van der Waals surface area (Å²) in [5.74, 6) is 0. The molecule has 1 aliphatic heterocycles. The zero-order valence-corrected chi connectivity index (χ0v) is 11.9. The quantitative estimate of drug-likeness (QED) is 0.629. The number of rotatable bonds is 1. The van der Waals surface area contributed by atoms with Gasteiger partial charge in [-0.05, 0) is 60.1 Å². The normalized spacial score (nSPS) is 28.2. The Morgan fingerprint density at radius 1 is 1.35 bits per heavy atom. The number of hydrogen-bond acceptors (Lipinski definition) is 3. The third-order valence-electron chi connectivity index (χ3n) is 3.78. The molecule has 92 valence electrons. The number of anilines is 2. The number of nitrogens with zero attached hydrogens (tertiary/aromatic N) is 1. The highest BCUT2D eigenvalue weighted by atomic mass is 127. The fourth-order valence-electron chi connectivity index (χ4n) is 3.01. The summed E-state index contributed by atoms with van der Waals surface area (Å²) >= 11 is 2.30. The highest BCUT2D eigenvalue weighted by Gasteiger charge is 2.36. The molecule has 0 aromatic heterocycles. The molecule has 3 rings (SSSR count). The molecule has 2 atom stereocenters. The Balaban J connectivity index is 1.91. The van der Waals surface area contributed by atoms with Gasteiger partial charge in [0.2, 0.25) is 0 Å². The Bertz CT molecular complexity index is 424. The van der Waals surface area contributed by atoms with E-state index >= 15 is 0 Å². The van der Waals surface area contributed by atoms with Gasteiger partial charge in [-0.2, -0.15) is 0 Å². The third-order valence-corrected chi connectivity index (χ3v) is 4.45. The zero-order valence-electron chi connectivity index (χ0n) is 9.73. The van der Waals surface area contributed by atoms with Crippen LogP contribution in [0, 0.1) is 3.57 Å². The fourth-order valence-corrected chi connectivity index (χ4v) is 3.53. The van der Waals surface area contributed by atoms with Crippen LogP contribution in [-0.4, -0.2) is 25.3 Å². The van der Waals surface area contributed by atoms with Crippen molar-refractivity contribution < 1.29 is 4.74 Å². The lowest BCUT2D eigenvalue weighted by molar-refractivity contribution is 0.0257. The summed E-state index contributed by atoms with van der Waals surface area (Å²) in [5, 5.41) is 0. The summed E-state index contributed by atoms with van der Waals surface area (Å²) in [4.78, 5) is 2.45. The lowest BCUT2D eigenvalue weighted by Crippen LogP contribution is -2.48. The number of ether oxygens (including phenoxy) is 1. The van der Waals surface area contributed by atoms with Crippen LogP contribution in [0.15, 0.2) is 18.2 Å². The minimum Gasteiger partial charge on any atom is -0.397 e. The number of nitrogen functional groups attached to an aromatic ring is 1. The fraction of sp³-hybridized carbons (Fsp3) is 0.538. The number of hydrogen-bond donors (Lipinski definition) is 1. The Hall–Kier alpha value is -0.490. The van der Waals surface area contributed by atoms with Gasteiger partial charge in [-0.15, -0.1) is 0 Å². The molecule has 17 heavy (non-hydrogen) atoms. The topological polar surface area (TPSA) is 38.5 Å². The smallest absolute Gasteiger partial charge is 0.0779 e. The molecule has 2 fully saturated rings. The lowest BCUT2D eigenvalue weighted by Gasteiger charge is -2.39. The first-order valence-electron chi connectivity index (χ1n) is 6.19. The zero-order chi connectivity index (χ0) is 11.8. The second kappa shape index (κ2) is 4.65. The summed E-state index contributed by atoms with van der Waals surface area (Å²) < 4.78 is 7.03. The standard InChI is InChI=1S/C13H17IN2O/c14-9-4-5-11(10(15)8-9)16-6-7-17-13-3-1-2-12(13)16/h4-5,8,12-13H,1-3,6-7,15H2. The van der Waals surface area contributed by atoms with Gasteiger partial charge >= 0.3 is 0 Å². The van der Waals surface area contributed by atoms with Gasteiger partial charge in [-0.25, -0.2) is 0 Å². The van der Waals surface area contributed by atoms with Gasteiger partial charge in [0.1, 0.15) is 0 Å². The van der Waals surface area contributed by atoms with Crippen LogP contribution >= 0.6 is 22.6 Å². The molecular weight excluding hydrogens is 327 g/mol. The van der Waals surface area contributed by atoms with Crippen molar-refractivity contribution in [1.29, 1.82) is 0 Å². The van der Waals surface area contributed by atoms with E-state index in [0.29, 0.717) is 12.1 Å². The van der Waals surface area contributed by atoms with Crippen LogP contribution < -0.4 is 10.6 Å². The maximum Gasteiger partial charge on any atom is 0.0779 e. The molecule has 1 aliphatic carbocycles. The van der Waals surface area contributed by atoms with E-state index in [2.05, 4.69) is 45.7 Å². The molecule has 4 heteroatoms. The molecule has 1 heterocycles. The molecule has 2 aliphatic rings. The van der Waals surface area contributed by atoms with Crippen LogP contribution in [0.4, 0.5) is 11.4 Å². The molecule has 0 amide bonds. The van der Waals surface area contributed by atoms with Crippen LogP contribution in [0.25, 0.3) is 0 Å². The summed E-state index contributed by atoms with van der Waals surface area (Å²) in [7, 11) is 0. The Morgan fingerprint density at radius 3 is 3.06 bits per heavy atom. The van der Waals surface area contributed by atoms with E-state index in [1.165, 1.54) is 28.5 Å². The molecule has 0 spiro atoms. The largest absolute Gasteiger partial charge is 0.397 e. The second-order valence-electron chi connectivity index (χ2n) is 4.80. The van der Waals surface area contributed by atoms with E-state index in [1.807, 2.05) is 0 Å². The van der Waals surface area contributed by atoms with Gasteiger partial charge in [-0.1, -0.05) is 0 Å². The highest BCUT2D eigenvalue weighted by molar-refractivity contribution is 14.1. The molecule has 0 radical (unpaired) electrons. The average molecular weight is 344 g/mol. The van der Waals surface area contributed by atoms with Gasteiger partial charge in [0.05, 0.1) is 30.1 Å². The van der Waals surface area contributed by atoms with Crippen molar-refractivity contribution in [2.75, 3.05) is 23.8 Å². The van der Waals surface area contributed by atoms with Gasteiger partial charge in [0.25, 0.3) is 0 Å². The average Bonchev–Trinajstić information content (AvgIpc) is 2.77. The molecule has 2 unspecified atom stereocenters. The van der Waals surface area contributed by atoms with E-state index < -0.39 is 0 Å². The van der Waals surface area contributed by atoms with E-state index in [4.69, 9.17) is 10.5 Å². The number of morpholine rings is 1. The van der Waals surface area contributed by atoms with Gasteiger partial charge < -0.3 is 15.4 Å².